The van der Waals surface area contributed by atoms with Gasteiger partial charge >= 0.3 is 0 Å². The lowest BCUT2D eigenvalue weighted by atomic mass is 9.87. The molecule has 1 saturated carbocycles. The maximum Gasteiger partial charge on any atom is 0.237 e. The molecule has 1 amide bonds. The number of hydrogen-bond acceptors (Lipinski definition) is 3. The number of nitrogens with two attached hydrogens (primary N) is 1. The van der Waals surface area contributed by atoms with Gasteiger partial charge in [0, 0.05) is 6.54 Å². The van der Waals surface area contributed by atoms with Crippen LogP contribution in [-0.4, -0.2) is 29.7 Å². The molecule has 0 aliphatic heterocycles. The average Bonchev–Trinajstić information content (AvgIpc) is 2.34. The summed E-state index contributed by atoms with van der Waals surface area (Å²) in [6.45, 7) is 4.68. The molecule has 4 nitrogen and oxygen atoms in total. The third-order valence-electron chi connectivity index (χ3n) is 3.88. The fourth-order valence-corrected chi connectivity index (χ4v) is 2.32. The van der Waals surface area contributed by atoms with Crippen molar-refractivity contribution in [3.05, 3.63) is 0 Å². The van der Waals surface area contributed by atoms with Crippen molar-refractivity contribution in [1.29, 1.82) is 0 Å². The lowest BCUT2D eigenvalue weighted by Crippen LogP contribution is -2.46. The predicted octanol–water partition coefficient (Wildman–Crippen LogP) is 1.03. The molecule has 1 fully saturated rings. The largest absolute Gasteiger partial charge is 0.393 e. The molecule has 0 bridgehead atoms. The van der Waals surface area contributed by atoms with Crippen LogP contribution in [0.4, 0.5) is 0 Å². The second-order valence-corrected chi connectivity index (χ2v) is 5.34. The van der Waals surface area contributed by atoms with Crippen molar-refractivity contribution in [3.8, 4) is 0 Å². The van der Waals surface area contributed by atoms with Crippen molar-refractivity contribution < 1.29 is 9.90 Å². The van der Waals surface area contributed by atoms with Crippen molar-refractivity contribution in [2.45, 2.75) is 58.1 Å². The Labute approximate surface area is 104 Å². The lowest BCUT2D eigenvalue weighted by Gasteiger charge is -2.27. The van der Waals surface area contributed by atoms with Crippen molar-refractivity contribution in [1.82, 2.24) is 5.32 Å². The molecule has 1 rings (SSSR count). The quantitative estimate of drug-likeness (QED) is 0.674. The zero-order chi connectivity index (χ0) is 12.8. The Kier molecular flexibility index (Phi) is 5.92. The van der Waals surface area contributed by atoms with E-state index in [1.165, 1.54) is 0 Å². The molecule has 0 radical (unpaired) electrons. The Hall–Kier alpha value is -0.610. The number of carbonyl (C=O) groups is 1. The second-order valence-electron chi connectivity index (χ2n) is 5.34. The van der Waals surface area contributed by atoms with E-state index < -0.39 is 6.04 Å². The number of nitrogens with one attached hydrogen (secondary N) is 1. The first-order valence-corrected chi connectivity index (χ1v) is 6.76. The van der Waals surface area contributed by atoms with Crippen molar-refractivity contribution in [2.75, 3.05) is 6.54 Å². The summed E-state index contributed by atoms with van der Waals surface area (Å²) >= 11 is 0. The Balaban J connectivity index is 2.27. The second kappa shape index (κ2) is 6.97. The van der Waals surface area contributed by atoms with E-state index in [1.807, 2.05) is 13.8 Å². The first-order valence-electron chi connectivity index (χ1n) is 6.76. The molecule has 4 heteroatoms. The van der Waals surface area contributed by atoms with E-state index in [4.69, 9.17) is 5.73 Å². The molecule has 17 heavy (non-hydrogen) atoms. The highest BCUT2D eigenvalue weighted by Gasteiger charge is 2.23. The van der Waals surface area contributed by atoms with E-state index in [0.717, 1.165) is 32.1 Å². The predicted molar refractivity (Wildman–Crippen MR) is 68.4 cm³/mol. The molecule has 0 aromatic rings. The summed E-state index contributed by atoms with van der Waals surface area (Å²) in [6.07, 6.45) is 4.58. The van der Waals surface area contributed by atoms with Crippen molar-refractivity contribution >= 4 is 5.91 Å². The summed E-state index contributed by atoms with van der Waals surface area (Å²) in [5.74, 6) is 0.568. The van der Waals surface area contributed by atoms with E-state index in [0.29, 0.717) is 12.5 Å². The standard InChI is InChI=1S/C13H26N2O2/c1-3-9(2)12(14)13(17)15-8-10-5-4-6-11(16)7-10/h9-12,16H,3-8,14H2,1-2H3,(H,15,17). The maximum absolute atomic E-state index is 11.8. The number of hydrogen-bond donors (Lipinski definition) is 3. The number of carbonyl (C=O) groups excluding carboxylic acids is 1. The van der Waals surface area contributed by atoms with Gasteiger partial charge in [0.05, 0.1) is 12.1 Å². The summed E-state index contributed by atoms with van der Waals surface area (Å²) in [5.41, 5.74) is 5.85. The zero-order valence-electron chi connectivity index (χ0n) is 11.0. The summed E-state index contributed by atoms with van der Waals surface area (Å²) in [5, 5.41) is 12.5. The average molecular weight is 242 g/mol. The molecule has 100 valence electrons. The number of aliphatic hydroxyl groups excluding tert-OH is 1. The molecule has 0 aromatic heterocycles. The molecule has 1 aliphatic carbocycles. The van der Waals surface area contributed by atoms with Gasteiger partial charge in [-0.3, -0.25) is 4.79 Å². The third kappa shape index (κ3) is 4.64. The van der Waals surface area contributed by atoms with Crippen LogP contribution in [0.15, 0.2) is 0 Å². The summed E-state index contributed by atoms with van der Waals surface area (Å²) in [4.78, 5) is 11.8. The van der Waals surface area contributed by atoms with Crippen LogP contribution in [0.3, 0.4) is 0 Å². The molecule has 0 spiro atoms. The van der Waals surface area contributed by atoms with Crippen molar-refractivity contribution in [2.24, 2.45) is 17.6 Å². The molecule has 1 aliphatic rings. The normalized spacial score (nSPS) is 28.5. The Morgan fingerprint density at radius 2 is 2.24 bits per heavy atom. The Bertz CT molecular complexity index is 246. The monoisotopic (exact) mass is 242 g/mol. The number of amides is 1. The van der Waals surface area contributed by atoms with E-state index >= 15 is 0 Å². The van der Waals surface area contributed by atoms with E-state index in [-0.39, 0.29) is 17.9 Å². The van der Waals surface area contributed by atoms with Gasteiger partial charge in [0.25, 0.3) is 0 Å². The van der Waals surface area contributed by atoms with Gasteiger partial charge in [0.2, 0.25) is 5.91 Å². The van der Waals surface area contributed by atoms with E-state index in [1.54, 1.807) is 0 Å². The highest BCUT2D eigenvalue weighted by molar-refractivity contribution is 5.81. The third-order valence-corrected chi connectivity index (χ3v) is 3.88. The van der Waals surface area contributed by atoms with Gasteiger partial charge in [-0.15, -0.1) is 0 Å². The Morgan fingerprint density at radius 3 is 2.82 bits per heavy atom. The topological polar surface area (TPSA) is 75.4 Å². The highest BCUT2D eigenvalue weighted by Crippen LogP contribution is 2.23. The van der Waals surface area contributed by atoms with Crippen molar-refractivity contribution in [3.63, 3.8) is 0 Å². The fourth-order valence-electron chi connectivity index (χ4n) is 2.32. The zero-order valence-corrected chi connectivity index (χ0v) is 11.0. The smallest absolute Gasteiger partial charge is 0.237 e. The minimum atomic E-state index is -0.409. The van der Waals surface area contributed by atoms with Crippen LogP contribution in [-0.2, 0) is 4.79 Å². The minimum absolute atomic E-state index is 0.0561. The van der Waals surface area contributed by atoms with Gasteiger partial charge in [0.1, 0.15) is 0 Å². The van der Waals surface area contributed by atoms with Gasteiger partial charge in [-0.2, -0.15) is 0 Å². The lowest BCUT2D eigenvalue weighted by molar-refractivity contribution is -0.123. The summed E-state index contributed by atoms with van der Waals surface area (Å²) in [6, 6.07) is -0.409. The Morgan fingerprint density at radius 1 is 1.53 bits per heavy atom. The molecular weight excluding hydrogens is 216 g/mol. The SMILES string of the molecule is CCC(C)C(N)C(=O)NCC1CCCC(O)C1. The molecule has 4 unspecified atom stereocenters. The minimum Gasteiger partial charge on any atom is -0.393 e. The maximum atomic E-state index is 11.8. The molecular formula is C13H26N2O2. The first kappa shape index (κ1) is 14.5. The fraction of sp³-hybridized carbons (Fsp3) is 0.923. The first-order chi connectivity index (χ1) is 8.04. The van der Waals surface area contributed by atoms with Gasteiger partial charge in [-0.1, -0.05) is 26.7 Å². The van der Waals surface area contributed by atoms with Crippen LogP contribution in [0.5, 0.6) is 0 Å². The van der Waals surface area contributed by atoms with Crippen LogP contribution in [0, 0.1) is 11.8 Å². The van der Waals surface area contributed by atoms with E-state index in [2.05, 4.69) is 5.32 Å². The molecule has 4 N–H and O–H groups in total. The van der Waals surface area contributed by atoms with Gasteiger partial charge in [0.15, 0.2) is 0 Å². The molecule has 0 saturated heterocycles. The van der Waals surface area contributed by atoms with Crippen LogP contribution >= 0.6 is 0 Å². The van der Waals surface area contributed by atoms with Crippen LogP contribution < -0.4 is 11.1 Å². The highest BCUT2D eigenvalue weighted by atomic mass is 16.3. The van der Waals surface area contributed by atoms with Gasteiger partial charge in [-0.25, -0.2) is 0 Å². The van der Waals surface area contributed by atoms with Gasteiger partial charge in [-0.05, 0) is 31.1 Å². The summed E-state index contributed by atoms with van der Waals surface area (Å²) < 4.78 is 0. The molecule has 0 heterocycles. The summed E-state index contributed by atoms with van der Waals surface area (Å²) in [7, 11) is 0. The molecule has 4 atom stereocenters. The van der Waals surface area contributed by atoms with Crippen LogP contribution in [0.2, 0.25) is 0 Å². The number of aliphatic hydroxyl groups is 1. The van der Waals surface area contributed by atoms with Crippen LogP contribution in [0.25, 0.3) is 0 Å². The van der Waals surface area contributed by atoms with Gasteiger partial charge < -0.3 is 16.2 Å². The van der Waals surface area contributed by atoms with Crippen LogP contribution in [0.1, 0.15) is 46.0 Å². The molecule has 0 aromatic carbocycles. The van der Waals surface area contributed by atoms with E-state index in [9.17, 15) is 9.90 Å². The number of rotatable bonds is 5.